The summed E-state index contributed by atoms with van der Waals surface area (Å²) in [5.74, 6) is -8.71. The maximum atomic E-state index is 14.2. The molecule has 8 heterocycles. The van der Waals surface area contributed by atoms with Gasteiger partial charge in [-0.05, 0) is 183 Å². The molecule has 28 atom stereocenters. The molecule has 0 bridgehead atoms. The Morgan fingerprint density at radius 3 is 0.926 bits per heavy atom. The van der Waals surface area contributed by atoms with Gasteiger partial charge in [0.15, 0.2) is 23.1 Å². The standard InChI is InChI=1S/C28H32O7.C23H30O7.C22H28O7.C21H26O7/c1-27-11-9-19-26(31)35-22(18-10-12-33-16-18)14-28(19,2)24(27)23(29)21(13-20(27)25(30)32-3)34-15-17-7-5-4-6-8-17;1-5-29-16-10-15(20(25)27-4)22(2)8-6-14-21(26)30-17(13-7-9-28-12-13)11-23(14,3)19(22)18(16)24;1-21-7-5-13-20(25)29-16(12-6-8-28-11-12)10-22(13,2)18(21)17(23)15(26-3)9-14(21)19(24)27-4;1-20-6-4-12-19(25)28-15(11-5-7-27-10-11)9-21(12,2)17(20)16(23)14(22)8-13(20)18(24)26-3/h4-8,10,12,16,19-22,24H,9,11,13-15H2,1-3H3;7,9,12,14-17,19H,5-6,8,10-11H2,1-4H3;6,8,11,13-16,18H,5,7,9-10H2,1-4H3;5,7,10,12-15,17,22H,4,6,8-9H2,1-3H3/t19-,20-,21-,22-,24?,27-,28-;14-,15-,16+,17-,19?,22-,23-;13-,14-,15+,16-,18?,21-,22-;12-,13-,14+,15-,17?,20-,21-/m0000/s1. The molecule has 1 aromatic carbocycles. The molecule has 0 spiro atoms. The van der Waals surface area contributed by atoms with Crippen LogP contribution < -0.4 is 0 Å². The molecule has 1 N–H and O–H groups in total. The van der Waals surface area contributed by atoms with Gasteiger partial charge in [0.25, 0.3) is 0 Å². The molecule has 12 aliphatic rings. The number of carbonyl (C=O) groups is 12. The van der Waals surface area contributed by atoms with Gasteiger partial charge in [0.1, 0.15) is 48.8 Å². The minimum Gasteiger partial charge on any atom is -0.472 e. The van der Waals surface area contributed by atoms with Crippen LogP contribution >= 0.6 is 0 Å². The van der Waals surface area contributed by atoms with E-state index in [1.807, 2.05) is 92.6 Å². The van der Waals surface area contributed by atoms with Crippen LogP contribution in [0.1, 0.15) is 217 Å². The summed E-state index contributed by atoms with van der Waals surface area (Å²) in [6.45, 7) is 18.4. The number of rotatable bonds is 14. The van der Waals surface area contributed by atoms with Crippen molar-refractivity contribution in [1.82, 2.24) is 0 Å². The summed E-state index contributed by atoms with van der Waals surface area (Å²) in [4.78, 5) is 158. The number of aliphatic hydroxyl groups excluding tert-OH is 1. The Balaban J connectivity index is 0.000000133. The maximum Gasteiger partial charge on any atom is 0.310 e. The Labute approximate surface area is 709 Å². The number of hydrogen-bond acceptors (Lipinski definition) is 28. The first kappa shape index (κ1) is 88.9. The van der Waals surface area contributed by atoms with Crippen LogP contribution in [0.4, 0.5) is 0 Å². The van der Waals surface area contributed by atoms with E-state index in [9.17, 15) is 62.6 Å². The zero-order valence-corrected chi connectivity index (χ0v) is 72.1. The molecule has 4 aliphatic heterocycles. The van der Waals surface area contributed by atoms with E-state index in [0.717, 1.165) is 27.8 Å². The Morgan fingerprint density at radius 1 is 0.369 bits per heavy atom. The van der Waals surface area contributed by atoms with E-state index in [0.29, 0.717) is 96.5 Å². The molecule has 0 radical (unpaired) electrons. The molecule has 17 rings (SSSR count). The van der Waals surface area contributed by atoms with Gasteiger partial charge in [-0.25, -0.2) is 0 Å². The molecule has 28 heteroatoms. The third-order valence-corrected chi connectivity index (χ3v) is 32.0. The highest BCUT2D eigenvalue weighted by atomic mass is 16.6. The van der Waals surface area contributed by atoms with Gasteiger partial charge in [-0.2, -0.15) is 0 Å². The van der Waals surface area contributed by atoms with Crippen molar-refractivity contribution in [3.63, 3.8) is 0 Å². The lowest BCUT2D eigenvalue weighted by Crippen LogP contribution is -2.64. The first-order valence-corrected chi connectivity index (χ1v) is 42.9. The molecule has 28 nitrogen and oxygen atoms in total. The van der Waals surface area contributed by atoms with Crippen LogP contribution in [0.25, 0.3) is 0 Å². The summed E-state index contributed by atoms with van der Waals surface area (Å²) in [6.07, 6.45) is 14.6. The Kier molecular flexibility index (Phi) is 25.0. The highest BCUT2D eigenvalue weighted by molar-refractivity contribution is 5.95. The predicted octanol–water partition coefficient (Wildman–Crippen LogP) is 13.6. The molecule has 8 aliphatic carbocycles. The molecule has 122 heavy (non-hydrogen) atoms. The van der Waals surface area contributed by atoms with Gasteiger partial charge >= 0.3 is 47.8 Å². The molecule has 5 aromatic rings. The van der Waals surface area contributed by atoms with Crippen LogP contribution in [0.5, 0.6) is 0 Å². The second kappa shape index (κ2) is 34.3. The van der Waals surface area contributed by atoms with Crippen molar-refractivity contribution in [3.05, 3.63) is 133 Å². The molecule has 4 aromatic heterocycles. The molecular weight excluding hydrogens is 1580 g/mol. The lowest BCUT2D eigenvalue weighted by molar-refractivity contribution is -0.211. The number of cyclic esters (lactones) is 4. The number of methoxy groups -OCH3 is 5. The van der Waals surface area contributed by atoms with Crippen LogP contribution in [0.15, 0.2) is 122 Å². The topological polar surface area (TPSA) is 379 Å². The largest absolute Gasteiger partial charge is 0.472 e. The minimum absolute atomic E-state index is 0.00709. The maximum absolute atomic E-state index is 14.2. The molecule has 4 saturated heterocycles. The lowest BCUT2D eigenvalue weighted by Gasteiger charge is -2.61. The smallest absolute Gasteiger partial charge is 0.310 e. The highest BCUT2D eigenvalue weighted by Crippen LogP contribution is 2.70. The molecule has 4 unspecified atom stereocenters. The SMILES string of the molecule is CCO[C@@H]1C[C@@H](C(=O)OC)[C@]2(C)CC[C@H]3C(=O)O[C@H](c4ccoc4)C[C@]3(C)C2C1=O.COC(=O)[C@@H]1C[C@@H](O)C(=O)C2[C@@]1(C)CC[C@H]1C(=O)O[C@H](c3ccoc3)C[C@]21C.COC(=O)[C@@H]1C[C@@H](OC)C(=O)C2[C@@]1(C)CC[C@H]1C(=O)O[C@H](c3ccoc3)C[C@]21C.COC(=O)[C@@H]1C[C@H](OCc2ccccc2)C(=O)C2[C@@]1(C)CC[C@H]1C(=O)O[C@H](c3ccoc3)C[C@]21C. The second-order valence-corrected chi connectivity index (χ2v) is 38.2. The number of carbonyl (C=O) groups excluding carboxylic acids is 12. The average molecular weight is 1690 g/mol. The third-order valence-electron chi connectivity index (χ3n) is 32.0. The lowest BCUT2D eigenvalue weighted by atomic mass is 9.43. The monoisotopic (exact) mass is 1690 g/mol. The van der Waals surface area contributed by atoms with Crippen LogP contribution in [0.3, 0.4) is 0 Å². The van der Waals surface area contributed by atoms with Gasteiger partial charge in [-0.1, -0.05) is 85.7 Å². The van der Waals surface area contributed by atoms with Crippen LogP contribution in [0.2, 0.25) is 0 Å². The Bertz CT molecular complexity index is 4700. The average Bonchev–Trinajstić information content (AvgIpc) is 0.891. The number of hydrogen-bond donors (Lipinski definition) is 1. The van der Waals surface area contributed by atoms with Crippen molar-refractivity contribution in [3.8, 4) is 0 Å². The summed E-state index contributed by atoms with van der Waals surface area (Å²) in [6, 6.07) is 16.8. The van der Waals surface area contributed by atoms with Gasteiger partial charge in [0.2, 0.25) is 0 Å². The quantitative estimate of drug-likeness (QED) is 0.0797. The Hall–Kier alpha value is -9.38. The first-order chi connectivity index (χ1) is 58.0. The number of aliphatic hydroxyl groups is 1. The molecule has 12 fully saturated rings. The van der Waals surface area contributed by atoms with E-state index in [1.165, 1.54) is 41.8 Å². The van der Waals surface area contributed by atoms with Crippen LogP contribution in [-0.4, -0.2) is 143 Å². The van der Waals surface area contributed by atoms with Gasteiger partial charge in [0, 0.05) is 59.6 Å². The molecule has 660 valence electrons. The fourth-order valence-corrected chi connectivity index (χ4v) is 26.1. The number of furan rings is 4. The number of esters is 8. The zero-order chi connectivity index (χ0) is 87.7. The predicted molar refractivity (Wildman–Crippen MR) is 426 cm³/mol. The fraction of sp³-hybridized carbons (Fsp3) is 0.638. The summed E-state index contributed by atoms with van der Waals surface area (Å²) < 4.78 is 81.5. The van der Waals surface area contributed by atoms with Crippen molar-refractivity contribution >= 4 is 70.9 Å². The molecule has 8 saturated carbocycles. The number of benzene rings is 1. The summed E-state index contributed by atoms with van der Waals surface area (Å²) in [5.41, 5.74) is -1.18. The normalized spacial score (nSPS) is 40.4. The summed E-state index contributed by atoms with van der Waals surface area (Å²) >= 11 is 0. The van der Waals surface area contributed by atoms with E-state index in [-0.39, 0.29) is 96.2 Å². The van der Waals surface area contributed by atoms with E-state index < -0.39 is 157 Å². The van der Waals surface area contributed by atoms with Gasteiger partial charge in [-0.3, -0.25) is 57.5 Å². The number of ether oxygens (including phenoxy) is 11. The van der Waals surface area contributed by atoms with E-state index in [4.69, 9.17) is 69.8 Å². The third kappa shape index (κ3) is 15.1. The van der Waals surface area contributed by atoms with Crippen LogP contribution in [-0.2, 0) is 116 Å². The summed E-state index contributed by atoms with van der Waals surface area (Å²) in [5, 5.41) is 10.5. The van der Waals surface area contributed by atoms with E-state index in [2.05, 4.69) is 0 Å². The number of ketones is 4. The van der Waals surface area contributed by atoms with Crippen molar-refractivity contribution in [2.24, 2.45) is 114 Å². The minimum atomic E-state index is -1.23. The zero-order valence-electron chi connectivity index (χ0n) is 72.1. The van der Waals surface area contributed by atoms with E-state index >= 15 is 0 Å². The second-order valence-electron chi connectivity index (χ2n) is 38.2. The first-order valence-electron chi connectivity index (χ1n) is 42.9. The van der Waals surface area contributed by atoms with Crippen molar-refractivity contribution in [2.45, 2.75) is 220 Å². The van der Waals surface area contributed by atoms with E-state index in [1.54, 1.807) is 68.1 Å². The van der Waals surface area contributed by atoms with Gasteiger partial charge in [0.05, 0.1) is 132 Å². The van der Waals surface area contributed by atoms with Gasteiger partial charge < -0.3 is 74.9 Å². The number of fused-ring (bicyclic) bond motifs is 12. The van der Waals surface area contributed by atoms with Crippen molar-refractivity contribution in [2.75, 3.05) is 42.2 Å². The van der Waals surface area contributed by atoms with Crippen molar-refractivity contribution in [1.29, 1.82) is 0 Å². The molecular formula is C94H116O28. The molecule has 0 amide bonds. The highest BCUT2D eigenvalue weighted by Gasteiger charge is 2.73. The number of Topliss-reactive ketones (excluding diaryl/α,β-unsaturated/α-hetero) is 4. The Morgan fingerprint density at radius 2 is 0.648 bits per heavy atom. The van der Waals surface area contributed by atoms with Crippen LogP contribution in [0, 0.1) is 114 Å². The summed E-state index contributed by atoms with van der Waals surface area (Å²) in [7, 11) is 6.96. The van der Waals surface area contributed by atoms with Gasteiger partial charge in [-0.15, -0.1) is 0 Å². The fourth-order valence-electron chi connectivity index (χ4n) is 26.1. The van der Waals surface area contributed by atoms with Crippen molar-refractivity contribution < 1.29 is 132 Å².